The predicted octanol–water partition coefficient (Wildman–Crippen LogP) is 3.95. The smallest absolute Gasteiger partial charge is 0.00461 e. The maximum absolute atomic E-state index is 4.33. The van der Waals surface area contributed by atoms with Gasteiger partial charge in [0.1, 0.15) is 0 Å². The maximum Gasteiger partial charge on any atom is 0.00461 e. The summed E-state index contributed by atoms with van der Waals surface area (Å²) in [7, 11) is 0. The highest BCUT2D eigenvalue weighted by Crippen LogP contribution is 2.22. The molecule has 14 heavy (non-hydrogen) atoms. The third-order valence-corrected chi connectivity index (χ3v) is 2.48. The summed E-state index contributed by atoms with van der Waals surface area (Å²) in [4.78, 5) is 1.00. The van der Waals surface area contributed by atoms with Crippen LogP contribution in [0.3, 0.4) is 0 Å². The second-order valence-electron chi connectivity index (χ2n) is 3.42. The average molecular weight is 200 g/mol. The Hall–Kier alpha value is -1.21. The number of thiol groups is 1. The Morgan fingerprint density at radius 3 is 2.14 bits per heavy atom. The van der Waals surface area contributed by atoms with Gasteiger partial charge in [-0.2, -0.15) is 0 Å². The normalized spacial score (nSPS) is 10.1. The fourth-order valence-electron chi connectivity index (χ4n) is 1.51. The monoisotopic (exact) mass is 200 g/mol. The van der Waals surface area contributed by atoms with E-state index in [0.717, 1.165) is 4.90 Å². The lowest BCUT2D eigenvalue weighted by Crippen LogP contribution is -1.78. The van der Waals surface area contributed by atoms with Crippen molar-refractivity contribution in [3.8, 4) is 11.1 Å². The van der Waals surface area contributed by atoms with Crippen molar-refractivity contribution in [2.24, 2.45) is 0 Å². The molecule has 0 bridgehead atoms. The quantitative estimate of drug-likeness (QED) is 0.662. The van der Waals surface area contributed by atoms with Gasteiger partial charge in [-0.3, -0.25) is 0 Å². The topological polar surface area (TPSA) is 0 Å². The van der Waals surface area contributed by atoms with E-state index in [0.29, 0.717) is 0 Å². The second-order valence-corrected chi connectivity index (χ2v) is 3.94. The minimum absolute atomic E-state index is 1.00. The Labute approximate surface area is 90.0 Å². The first kappa shape index (κ1) is 9.35. The van der Waals surface area contributed by atoms with Gasteiger partial charge in [0.15, 0.2) is 0 Å². The number of hydrogen-bond acceptors (Lipinski definition) is 1. The summed E-state index contributed by atoms with van der Waals surface area (Å²) in [6, 6.07) is 16.7. The SMILES string of the molecule is Cc1cccc(-c2cccc(S)c2)c1. The molecular weight excluding hydrogens is 188 g/mol. The molecule has 0 unspecified atom stereocenters. The van der Waals surface area contributed by atoms with Crippen LogP contribution in [0.4, 0.5) is 0 Å². The van der Waals surface area contributed by atoms with E-state index in [1.807, 2.05) is 12.1 Å². The predicted molar refractivity (Wildman–Crippen MR) is 63.9 cm³/mol. The van der Waals surface area contributed by atoms with E-state index in [2.05, 4.69) is 56.0 Å². The zero-order valence-corrected chi connectivity index (χ0v) is 8.96. The first-order chi connectivity index (χ1) is 6.75. The Morgan fingerprint density at radius 2 is 1.50 bits per heavy atom. The molecule has 2 aromatic carbocycles. The number of aryl methyl sites for hydroxylation is 1. The highest BCUT2D eigenvalue weighted by Gasteiger charge is 1.97. The molecule has 0 saturated carbocycles. The largest absolute Gasteiger partial charge is 0.143 e. The molecule has 0 amide bonds. The van der Waals surface area contributed by atoms with Crippen LogP contribution in [0.15, 0.2) is 53.4 Å². The van der Waals surface area contributed by atoms with Crippen molar-refractivity contribution in [1.82, 2.24) is 0 Å². The first-order valence-electron chi connectivity index (χ1n) is 4.62. The molecule has 0 aliphatic heterocycles. The average Bonchev–Trinajstić information content (AvgIpc) is 2.18. The van der Waals surface area contributed by atoms with E-state index in [1.54, 1.807) is 0 Å². The van der Waals surface area contributed by atoms with E-state index >= 15 is 0 Å². The van der Waals surface area contributed by atoms with Gasteiger partial charge in [0.2, 0.25) is 0 Å². The van der Waals surface area contributed by atoms with E-state index in [4.69, 9.17) is 0 Å². The molecular formula is C13H12S. The zero-order valence-electron chi connectivity index (χ0n) is 8.07. The first-order valence-corrected chi connectivity index (χ1v) is 5.06. The number of benzene rings is 2. The molecule has 2 aromatic rings. The molecule has 0 aliphatic carbocycles. The van der Waals surface area contributed by atoms with Gasteiger partial charge in [0.25, 0.3) is 0 Å². The lowest BCUT2D eigenvalue weighted by molar-refractivity contribution is 1.43. The standard InChI is InChI=1S/C13H12S/c1-10-4-2-5-11(8-10)12-6-3-7-13(14)9-12/h2-9,14H,1H3. The van der Waals surface area contributed by atoms with Crippen LogP contribution < -0.4 is 0 Å². The fourth-order valence-corrected chi connectivity index (χ4v) is 1.74. The van der Waals surface area contributed by atoms with Crippen molar-refractivity contribution >= 4 is 12.6 Å². The summed E-state index contributed by atoms with van der Waals surface area (Å²) in [5.41, 5.74) is 3.76. The van der Waals surface area contributed by atoms with Crippen molar-refractivity contribution in [2.45, 2.75) is 11.8 Å². The van der Waals surface area contributed by atoms with Gasteiger partial charge in [0, 0.05) is 4.90 Å². The molecule has 0 N–H and O–H groups in total. The van der Waals surface area contributed by atoms with Gasteiger partial charge in [-0.1, -0.05) is 42.0 Å². The molecule has 0 atom stereocenters. The van der Waals surface area contributed by atoms with Gasteiger partial charge in [-0.05, 0) is 30.2 Å². The van der Waals surface area contributed by atoms with Crippen molar-refractivity contribution in [2.75, 3.05) is 0 Å². The summed E-state index contributed by atoms with van der Waals surface area (Å²) in [5.74, 6) is 0. The molecule has 1 heteroatoms. The zero-order chi connectivity index (χ0) is 9.97. The van der Waals surface area contributed by atoms with Crippen LogP contribution in [-0.2, 0) is 0 Å². The van der Waals surface area contributed by atoms with Gasteiger partial charge >= 0.3 is 0 Å². The van der Waals surface area contributed by atoms with Gasteiger partial charge in [-0.25, -0.2) is 0 Å². The minimum Gasteiger partial charge on any atom is -0.143 e. The summed E-state index contributed by atoms with van der Waals surface area (Å²) in [6.07, 6.45) is 0. The Kier molecular flexibility index (Phi) is 2.60. The van der Waals surface area contributed by atoms with Crippen molar-refractivity contribution in [1.29, 1.82) is 0 Å². The summed E-state index contributed by atoms with van der Waals surface area (Å²) < 4.78 is 0. The lowest BCUT2D eigenvalue weighted by atomic mass is 10.0. The molecule has 0 heterocycles. The van der Waals surface area contributed by atoms with Gasteiger partial charge in [-0.15, -0.1) is 12.6 Å². The van der Waals surface area contributed by atoms with Gasteiger partial charge < -0.3 is 0 Å². The van der Waals surface area contributed by atoms with Crippen LogP contribution in [0.2, 0.25) is 0 Å². The maximum atomic E-state index is 4.33. The Bertz CT molecular complexity index is 403. The van der Waals surface area contributed by atoms with Crippen LogP contribution in [-0.4, -0.2) is 0 Å². The molecule has 0 aliphatic rings. The van der Waals surface area contributed by atoms with E-state index in [9.17, 15) is 0 Å². The van der Waals surface area contributed by atoms with E-state index < -0.39 is 0 Å². The fraction of sp³-hybridized carbons (Fsp3) is 0.0769. The lowest BCUT2D eigenvalue weighted by Gasteiger charge is -2.03. The van der Waals surface area contributed by atoms with Crippen LogP contribution in [0.25, 0.3) is 11.1 Å². The minimum atomic E-state index is 1.00. The molecule has 0 nitrogen and oxygen atoms in total. The van der Waals surface area contributed by atoms with Crippen molar-refractivity contribution < 1.29 is 0 Å². The molecule has 0 aromatic heterocycles. The highest BCUT2D eigenvalue weighted by molar-refractivity contribution is 7.80. The van der Waals surface area contributed by atoms with Crippen LogP contribution in [0.5, 0.6) is 0 Å². The highest BCUT2D eigenvalue weighted by atomic mass is 32.1. The van der Waals surface area contributed by atoms with Gasteiger partial charge in [0.05, 0.1) is 0 Å². The molecule has 0 saturated heterocycles. The molecule has 0 radical (unpaired) electrons. The summed E-state index contributed by atoms with van der Waals surface area (Å²) in [5, 5.41) is 0. The van der Waals surface area contributed by atoms with Crippen LogP contribution in [0.1, 0.15) is 5.56 Å². The van der Waals surface area contributed by atoms with Crippen LogP contribution >= 0.6 is 12.6 Å². The summed E-state index contributed by atoms with van der Waals surface area (Å²) >= 11 is 4.33. The Morgan fingerprint density at radius 1 is 0.857 bits per heavy atom. The molecule has 0 fully saturated rings. The molecule has 70 valence electrons. The van der Waals surface area contributed by atoms with Crippen molar-refractivity contribution in [3.05, 3.63) is 54.1 Å². The van der Waals surface area contributed by atoms with Crippen molar-refractivity contribution in [3.63, 3.8) is 0 Å². The molecule has 2 rings (SSSR count). The Balaban J connectivity index is 2.49. The van der Waals surface area contributed by atoms with E-state index in [-0.39, 0.29) is 0 Å². The number of rotatable bonds is 1. The number of hydrogen-bond donors (Lipinski definition) is 1. The van der Waals surface area contributed by atoms with E-state index in [1.165, 1.54) is 16.7 Å². The second kappa shape index (κ2) is 3.89. The summed E-state index contributed by atoms with van der Waals surface area (Å²) in [6.45, 7) is 2.11. The van der Waals surface area contributed by atoms with Crippen LogP contribution in [0, 0.1) is 6.92 Å². The third kappa shape index (κ3) is 1.99. The third-order valence-electron chi connectivity index (χ3n) is 2.20. The molecule has 0 spiro atoms.